The molecular formula is C12H10BrClN2OS. The van der Waals surface area contributed by atoms with Gasteiger partial charge >= 0.3 is 0 Å². The largest absolute Gasteiger partial charge is 0.399 e. The summed E-state index contributed by atoms with van der Waals surface area (Å²) in [4.78, 5) is 12.6. The molecule has 0 saturated heterocycles. The summed E-state index contributed by atoms with van der Waals surface area (Å²) in [5.74, 6) is -0.193. The summed E-state index contributed by atoms with van der Waals surface area (Å²) < 4.78 is 0.950. The lowest BCUT2D eigenvalue weighted by Gasteiger charge is -2.06. The number of amides is 1. The zero-order valence-electron chi connectivity index (χ0n) is 9.46. The second-order valence-electron chi connectivity index (χ2n) is 3.76. The number of benzene rings is 1. The zero-order valence-corrected chi connectivity index (χ0v) is 12.6. The first-order valence-electron chi connectivity index (χ1n) is 5.09. The van der Waals surface area contributed by atoms with Crippen molar-refractivity contribution in [2.45, 2.75) is 6.92 Å². The van der Waals surface area contributed by atoms with E-state index in [1.807, 2.05) is 13.0 Å². The number of carbonyl (C=O) groups is 1. The highest BCUT2D eigenvalue weighted by atomic mass is 79.9. The zero-order chi connectivity index (χ0) is 13.3. The lowest BCUT2D eigenvalue weighted by atomic mass is 10.2. The molecule has 0 unspecified atom stereocenters. The second kappa shape index (κ2) is 5.30. The van der Waals surface area contributed by atoms with Gasteiger partial charge in [-0.15, -0.1) is 11.3 Å². The van der Waals surface area contributed by atoms with E-state index in [1.54, 1.807) is 18.2 Å². The van der Waals surface area contributed by atoms with Gasteiger partial charge in [0.05, 0.1) is 19.4 Å². The Labute approximate surface area is 122 Å². The van der Waals surface area contributed by atoms with Crippen LogP contribution in [0.1, 0.15) is 15.2 Å². The molecule has 3 N–H and O–H groups in total. The fourth-order valence-corrected chi connectivity index (χ4v) is 2.99. The molecule has 0 atom stereocenters. The van der Waals surface area contributed by atoms with Crippen molar-refractivity contribution in [2.24, 2.45) is 0 Å². The van der Waals surface area contributed by atoms with E-state index >= 15 is 0 Å². The van der Waals surface area contributed by atoms with Gasteiger partial charge in [0.2, 0.25) is 0 Å². The molecule has 1 aromatic carbocycles. The third kappa shape index (κ3) is 2.85. The maximum atomic E-state index is 12.0. The van der Waals surface area contributed by atoms with Gasteiger partial charge < -0.3 is 11.1 Å². The molecule has 0 aliphatic rings. The summed E-state index contributed by atoms with van der Waals surface area (Å²) in [7, 11) is 0. The molecule has 0 aliphatic carbocycles. The molecule has 1 aromatic heterocycles. The Kier molecular flexibility index (Phi) is 3.94. The number of nitrogen functional groups attached to an aromatic ring is 1. The SMILES string of the molecule is Cc1cc(C(=O)Nc2cc(N)ccc2Cl)sc1Br. The number of anilines is 2. The Morgan fingerprint density at radius 1 is 1.44 bits per heavy atom. The van der Waals surface area contributed by atoms with Crippen LogP contribution in [0.25, 0.3) is 0 Å². The molecule has 18 heavy (non-hydrogen) atoms. The van der Waals surface area contributed by atoms with E-state index in [0.29, 0.717) is 21.3 Å². The molecule has 3 nitrogen and oxygen atoms in total. The predicted molar refractivity (Wildman–Crippen MR) is 80.6 cm³/mol. The van der Waals surface area contributed by atoms with Crippen LogP contribution in [-0.4, -0.2) is 5.91 Å². The highest BCUT2D eigenvalue weighted by Gasteiger charge is 2.12. The van der Waals surface area contributed by atoms with Crippen LogP contribution in [0, 0.1) is 6.92 Å². The van der Waals surface area contributed by atoms with Crippen LogP contribution < -0.4 is 11.1 Å². The van der Waals surface area contributed by atoms with Crippen LogP contribution in [0.3, 0.4) is 0 Å². The molecule has 1 amide bonds. The van der Waals surface area contributed by atoms with Gasteiger partial charge in [-0.3, -0.25) is 4.79 Å². The van der Waals surface area contributed by atoms with Crippen LogP contribution in [0.15, 0.2) is 28.1 Å². The fourth-order valence-electron chi connectivity index (χ4n) is 1.39. The molecule has 2 rings (SSSR count). The van der Waals surface area contributed by atoms with E-state index in [0.717, 1.165) is 9.35 Å². The number of nitrogens with one attached hydrogen (secondary N) is 1. The van der Waals surface area contributed by atoms with E-state index in [2.05, 4.69) is 21.2 Å². The molecule has 0 bridgehead atoms. The van der Waals surface area contributed by atoms with Crippen molar-refractivity contribution >= 4 is 56.1 Å². The first-order valence-corrected chi connectivity index (χ1v) is 7.08. The van der Waals surface area contributed by atoms with Crippen molar-refractivity contribution in [1.29, 1.82) is 0 Å². The summed E-state index contributed by atoms with van der Waals surface area (Å²) in [5.41, 5.74) is 7.76. The summed E-state index contributed by atoms with van der Waals surface area (Å²) in [6.45, 7) is 1.94. The Bertz CT molecular complexity index is 593. The molecule has 0 spiro atoms. The molecule has 0 radical (unpaired) electrons. The van der Waals surface area contributed by atoms with Crippen LogP contribution in [0.5, 0.6) is 0 Å². The van der Waals surface area contributed by atoms with Crippen molar-refractivity contribution < 1.29 is 4.79 Å². The Balaban J connectivity index is 2.23. The Morgan fingerprint density at radius 3 is 2.78 bits per heavy atom. The van der Waals surface area contributed by atoms with Crippen LogP contribution >= 0.6 is 38.9 Å². The van der Waals surface area contributed by atoms with E-state index in [9.17, 15) is 4.79 Å². The number of halogens is 2. The minimum atomic E-state index is -0.193. The highest BCUT2D eigenvalue weighted by molar-refractivity contribution is 9.11. The van der Waals surface area contributed by atoms with Gasteiger partial charge in [0.25, 0.3) is 5.91 Å². The predicted octanol–water partition coefficient (Wildman–Crippen LogP) is 4.31. The van der Waals surface area contributed by atoms with Crippen molar-refractivity contribution in [3.63, 3.8) is 0 Å². The second-order valence-corrected chi connectivity index (χ2v) is 6.54. The van der Waals surface area contributed by atoms with Crippen molar-refractivity contribution in [1.82, 2.24) is 0 Å². The van der Waals surface area contributed by atoms with Crippen LogP contribution in [0.2, 0.25) is 5.02 Å². The summed E-state index contributed by atoms with van der Waals surface area (Å²) in [5, 5.41) is 3.21. The lowest BCUT2D eigenvalue weighted by molar-refractivity contribution is 0.103. The van der Waals surface area contributed by atoms with Crippen molar-refractivity contribution in [3.8, 4) is 0 Å². The van der Waals surface area contributed by atoms with Gasteiger partial charge in [-0.1, -0.05) is 11.6 Å². The fraction of sp³-hybridized carbons (Fsp3) is 0.0833. The van der Waals surface area contributed by atoms with Gasteiger partial charge in [0.1, 0.15) is 0 Å². The molecular weight excluding hydrogens is 336 g/mol. The van der Waals surface area contributed by atoms with Crippen LogP contribution in [-0.2, 0) is 0 Å². The monoisotopic (exact) mass is 344 g/mol. The van der Waals surface area contributed by atoms with Gasteiger partial charge in [0, 0.05) is 5.69 Å². The maximum absolute atomic E-state index is 12.0. The Hall–Kier alpha value is -1.04. The molecule has 94 valence electrons. The van der Waals surface area contributed by atoms with Gasteiger partial charge in [0.15, 0.2) is 0 Å². The number of aryl methyl sites for hydroxylation is 1. The summed E-state index contributed by atoms with van der Waals surface area (Å²) >= 11 is 10.8. The molecule has 0 aliphatic heterocycles. The van der Waals surface area contributed by atoms with Gasteiger partial charge in [-0.2, -0.15) is 0 Å². The van der Waals surface area contributed by atoms with Gasteiger partial charge in [-0.25, -0.2) is 0 Å². The quantitative estimate of drug-likeness (QED) is 0.797. The smallest absolute Gasteiger partial charge is 0.265 e. The summed E-state index contributed by atoms with van der Waals surface area (Å²) in [6, 6.07) is 6.80. The molecule has 6 heteroatoms. The third-order valence-electron chi connectivity index (χ3n) is 2.32. The molecule has 0 fully saturated rings. The standard InChI is InChI=1S/C12H10BrClN2OS/c1-6-4-10(18-11(6)13)12(17)16-9-5-7(15)2-3-8(9)14/h2-5H,15H2,1H3,(H,16,17). The topological polar surface area (TPSA) is 55.1 Å². The first kappa shape index (κ1) is 13.4. The average Bonchev–Trinajstić information content (AvgIpc) is 2.64. The number of thiophene rings is 1. The molecule has 0 saturated carbocycles. The number of rotatable bonds is 2. The normalized spacial score (nSPS) is 10.4. The molecule has 2 aromatic rings. The van der Waals surface area contributed by atoms with Gasteiger partial charge in [-0.05, 0) is 52.7 Å². The Morgan fingerprint density at radius 2 is 2.17 bits per heavy atom. The number of carbonyl (C=O) groups excluding carboxylic acids is 1. The summed E-state index contributed by atoms with van der Waals surface area (Å²) in [6.07, 6.45) is 0. The molecule has 1 heterocycles. The lowest BCUT2D eigenvalue weighted by Crippen LogP contribution is -2.10. The van der Waals surface area contributed by atoms with Crippen molar-refractivity contribution in [3.05, 3.63) is 43.5 Å². The first-order chi connectivity index (χ1) is 8.47. The third-order valence-corrected chi connectivity index (χ3v) is 4.78. The average molecular weight is 346 g/mol. The minimum absolute atomic E-state index is 0.193. The minimum Gasteiger partial charge on any atom is -0.399 e. The number of hydrogen-bond donors (Lipinski definition) is 2. The van der Waals surface area contributed by atoms with E-state index in [-0.39, 0.29) is 5.91 Å². The van der Waals surface area contributed by atoms with Crippen LogP contribution in [0.4, 0.5) is 11.4 Å². The van der Waals surface area contributed by atoms with E-state index in [1.165, 1.54) is 11.3 Å². The number of nitrogens with two attached hydrogens (primary N) is 1. The highest BCUT2D eigenvalue weighted by Crippen LogP contribution is 2.29. The maximum Gasteiger partial charge on any atom is 0.265 e. The van der Waals surface area contributed by atoms with E-state index in [4.69, 9.17) is 17.3 Å². The van der Waals surface area contributed by atoms with E-state index < -0.39 is 0 Å². The van der Waals surface area contributed by atoms with Crippen molar-refractivity contribution in [2.75, 3.05) is 11.1 Å². The number of hydrogen-bond acceptors (Lipinski definition) is 3.